The van der Waals surface area contributed by atoms with Crippen molar-refractivity contribution in [3.63, 3.8) is 0 Å². The van der Waals surface area contributed by atoms with Crippen LogP contribution in [0.2, 0.25) is 0 Å². The molecule has 4 aromatic rings. The van der Waals surface area contributed by atoms with Gasteiger partial charge in [0, 0.05) is 45.5 Å². The lowest BCUT2D eigenvalue weighted by molar-refractivity contribution is -0.140. The van der Waals surface area contributed by atoms with E-state index in [9.17, 15) is 13.2 Å². The summed E-state index contributed by atoms with van der Waals surface area (Å²) in [7, 11) is 3.44. The zero-order chi connectivity index (χ0) is 26.5. The Morgan fingerprint density at radius 3 is 2.43 bits per heavy atom. The average Bonchev–Trinajstić information content (AvgIpc) is 3.38. The minimum absolute atomic E-state index is 0.264. The Morgan fingerprint density at radius 1 is 1.08 bits per heavy atom. The first-order valence-electron chi connectivity index (χ1n) is 12.5. The van der Waals surface area contributed by atoms with Gasteiger partial charge in [-0.2, -0.15) is 13.2 Å². The molecule has 1 aromatic carbocycles. The molecule has 1 saturated heterocycles. The number of nitrogens with one attached hydrogen (secondary N) is 1. The first-order chi connectivity index (χ1) is 17.5. The summed E-state index contributed by atoms with van der Waals surface area (Å²) in [6.07, 6.45) is -0.0731. The predicted octanol–water partition coefficient (Wildman–Crippen LogP) is 4.71. The summed E-state index contributed by atoms with van der Waals surface area (Å²) in [5, 5.41) is 8.72. The van der Waals surface area contributed by atoms with Crippen LogP contribution in [0.4, 0.5) is 19.1 Å². The van der Waals surface area contributed by atoms with Crippen molar-refractivity contribution in [3.8, 4) is 11.4 Å². The molecule has 196 valence electrons. The molecule has 0 amide bonds. The van der Waals surface area contributed by atoms with Crippen molar-refractivity contribution in [1.29, 1.82) is 5.41 Å². The number of aryl methyl sites for hydroxylation is 2. The van der Waals surface area contributed by atoms with E-state index in [0.717, 1.165) is 35.8 Å². The number of aromatic nitrogens is 6. The quantitative estimate of drug-likeness (QED) is 0.420. The van der Waals surface area contributed by atoms with Crippen LogP contribution in [-0.4, -0.2) is 41.7 Å². The Hall–Kier alpha value is -3.63. The van der Waals surface area contributed by atoms with Crippen LogP contribution in [0.1, 0.15) is 43.9 Å². The monoisotopic (exact) mass is 512 g/mol. The molecule has 0 atom stereocenters. The zero-order valence-electron chi connectivity index (χ0n) is 21.4. The van der Waals surface area contributed by atoms with Crippen molar-refractivity contribution in [2.45, 2.75) is 45.3 Å². The Balaban J connectivity index is 1.39. The molecule has 1 N–H and O–H groups in total. The predicted molar refractivity (Wildman–Crippen MR) is 135 cm³/mol. The average molecular weight is 513 g/mol. The van der Waals surface area contributed by atoms with Gasteiger partial charge in [-0.1, -0.05) is 38.1 Å². The van der Waals surface area contributed by atoms with E-state index in [1.165, 1.54) is 10.1 Å². The number of rotatable bonds is 5. The van der Waals surface area contributed by atoms with Crippen LogP contribution >= 0.6 is 0 Å². The highest BCUT2D eigenvalue weighted by molar-refractivity contribution is 5.74. The minimum atomic E-state index is -4.46. The first kappa shape index (κ1) is 25.0. The van der Waals surface area contributed by atoms with Crippen LogP contribution in [0.15, 0.2) is 36.7 Å². The Kier molecular flexibility index (Phi) is 6.33. The lowest BCUT2D eigenvalue weighted by Gasteiger charge is -2.32. The third-order valence-electron chi connectivity index (χ3n) is 7.24. The van der Waals surface area contributed by atoms with Crippen molar-refractivity contribution >= 4 is 17.1 Å². The smallest absolute Gasteiger partial charge is 0.342 e. The van der Waals surface area contributed by atoms with E-state index >= 15 is 0 Å². The molecule has 3 aromatic heterocycles. The number of imidazole rings is 2. The molecule has 8 nitrogen and oxygen atoms in total. The summed E-state index contributed by atoms with van der Waals surface area (Å²) in [6, 6.07) is 8.12. The van der Waals surface area contributed by atoms with Crippen LogP contribution in [0.25, 0.3) is 22.6 Å². The fraction of sp³-hybridized carbons (Fsp3) is 0.462. The number of halogens is 3. The van der Waals surface area contributed by atoms with Gasteiger partial charge in [-0.15, -0.1) is 0 Å². The molecule has 0 spiro atoms. The van der Waals surface area contributed by atoms with E-state index in [4.69, 9.17) is 10.4 Å². The van der Waals surface area contributed by atoms with E-state index in [1.54, 1.807) is 17.8 Å². The second-order valence-corrected chi connectivity index (χ2v) is 10.1. The summed E-state index contributed by atoms with van der Waals surface area (Å²) in [5.74, 6) is 1.56. The molecule has 4 heterocycles. The molecule has 1 aliphatic rings. The topological polar surface area (TPSA) is 80.6 Å². The van der Waals surface area contributed by atoms with E-state index in [2.05, 4.69) is 29.9 Å². The molecular weight excluding hydrogens is 481 g/mol. The van der Waals surface area contributed by atoms with Gasteiger partial charge in [0.2, 0.25) is 11.6 Å². The first-order valence-corrected chi connectivity index (χ1v) is 12.5. The zero-order valence-corrected chi connectivity index (χ0v) is 21.4. The van der Waals surface area contributed by atoms with Gasteiger partial charge in [0.1, 0.15) is 5.52 Å². The van der Waals surface area contributed by atoms with Gasteiger partial charge in [-0.3, -0.25) is 9.98 Å². The summed E-state index contributed by atoms with van der Waals surface area (Å²) in [5.41, 5.74) is 3.15. The molecule has 11 heteroatoms. The minimum Gasteiger partial charge on any atom is -0.342 e. The van der Waals surface area contributed by atoms with Crippen LogP contribution in [0.5, 0.6) is 0 Å². The summed E-state index contributed by atoms with van der Waals surface area (Å²) in [6.45, 7) is 6.11. The maximum absolute atomic E-state index is 13.1. The molecule has 0 saturated carbocycles. The second kappa shape index (κ2) is 9.35. The summed E-state index contributed by atoms with van der Waals surface area (Å²) < 4.78 is 44.4. The highest BCUT2D eigenvalue weighted by atomic mass is 19.4. The Morgan fingerprint density at radius 2 is 1.78 bits per heavy atom. The molecule has 0 radical (unpaired) electrons. The van der Waals surface area contributed by atoms with Gasteiger partial charge in [0.05, 0.1) is 6.20 Å². The number of benzene rings is 1. The number of nitrogens with zero attached hydrogens (tertiary/aromatic N) is 7. The van der Waals surface area contributed by atoms with Crippen molar-refractivity contribution in [3.05, 3.63) is 53.5 Å². The summed E-state index contributed by atoms with van der Waals surface area (Å²) >= 11 is 0. The molecule has 0 bridgehead atoms. The van der Waals surface area contributed by atoms with E-state index in [0.29, 0.717) is 42.9 Å². The number of anilines is 1. The standard InChI is InChI=1S/C26H31F3N8/c1-16(2)18-7-5-6-8-19(18)22-31-13-20-23(33-22)37(24(30)35(20)4)14-17-9-11-36(12-10-17)25-32-21(15-34(25)3)26(27,28)29/h5-8,13,15-17,30H,9-12,14H2,1-4H3. The van der Waals surface area contributed by atoms with Crippen molar-refractivity contribution < 1.29 is 13.2 Å². The number of fused-ring (bicyclic) bond motifs is 1. The third-order valence-corrected chi connectivity index (χ3v) is 7.24. The maximum Gasteiger partial charge on any atom is 0.434 e. The van der Waals surface area contributed by atoms with Gasteiger partial charge in [0.25, 0.3) is 0 Å². The maximum atomic E-state index is 13.1. The fourth-order valence-electron chi connectivity index (χ4n) is 5.16. The number of piperidine rings is 1. The molecular formula is C26H31F3N8. The number of alkyl halides is 3. The van der Waals surface area contributed by atoms with E-state index in [-0.39, 0.29) is 5.92 Å². The van der Waals surface area contributed by atoms with Gasteiger partial charge in [-0.25, -0.2) is 15.0 Å². The third kappa shape index (κ3) is 4.62. The van der Waals surface area contributed by atoms with E-state index in [1.807, 2.05) is 34.7 Å². The largest absolute Gasteiger partial charge is 0.434 e. The van der Waals surface area contributed by atoms with E-state index < -0.39 is 11.9 Å². The van der Waals surface area contributed by atoms with Gasteiger partial charge < -0.3 is 14.0 Å². The Bertz CT molecular complexity index is 1490. The summed E-state index contributed by atoms with van der Waals surface area (Å²) in [4.78, 5) is 15.3. The Labute approximate surface area is 212 Å². The molecule has 1 aliphatic heterocycles. The highest BCUT2D eigenvalue weighted by Crippen LogP contribution is 2.32. The second-order valence-electron chi connectivity index (χ2n) is 10.1. The van der Waals surface area contributed by atoms with Crippen LogP contribution in [0, 0.1) is 11.3 Å². The number of hydrogen-bond acceptors (Lipinski definition) is 5. The molecule has 0 unspecified atom stereocenters. The molecule has 1 fully saturated rings. The molecule has 5 rings (SSSR count). The van der Waals surface area contributed by atoms with Crippen molar-refractivity contribution in [1.82, 2.24) is 28.7 Å². The highest BCUT2D eigenvalue weighted by Gasteiger charge is 2.35. The van der Waals surface area contributed by atoms with Crippen LogP contribution in [0.3, 0.4) is 0 Å². The van der Waals surface area contributed by atoms with Crippen molar-refractivity contribution in [2.24, 2.45) is 20.0 Å². The SMILES string of the molecule is CC(C)c1ccccc1-c1ncc2c(n1)n(CC1CCN(c3nc(C(F)(F)F)cn3C)CC1)c(=N)n2C. The van der Waals surface area contributed by atoms with Gasteiger partial charge >= 0.3 is 6.18 Å². The lowest BCUT2D eigenvalue weighted by Crippen LogP contribution is -2.37. The fourth-order valence-corrected chi connectivity index (χ4v) is 5.16. The van der Waals surface area contributed by atoms with Gasteiger partial charge in [-0.05, 0) is 30.2 Å². The number of hydrogen-bond donors (Lipinski definition) is 1. The van der Waals surface area contributed by atoms with Gasteiger partial charge in [0.15, 0.2) is 17.2 Å². The lowest BCUT2D eigenvalue weighted by atomic mass is 9.96. The van der Waals surface area contributed by atoms with Crippen LogP contribution in [-0.2, 0) is 26.8 Å². The molecule has 0 aliphatic carbocycles. The normalized spacial score (nSPS) is 15.3. The van der Waals surface area contributed by atoms with Crippen molar-refractivity contribution in [2.75, 3.05) is 18.0 Å². The molecule has 37 heavy (non-hydrogen) atoms. The van der Waals surface area contributed by atoms with Crippen LogP contribution < -0.4 is 10.5 Å².